The topological polar surface area (TPSA) is 28.2 Å². The van der Waals surface area contributed by atoms with Gasteiger partial charge in [0.05, 0.1) is 5.69 Å². The quantitative estimate of drug-likeness (QED) is 0.884. The molecule has 100 valence electrons. The van der Waals surface area contributed by atoms with Crippen LogP contribution >= 0.6 is 0 Å². The molecule has 2 atom stereocenters. The van der Waals surface area contributed by atoms with Crippen LogP contribution in [0.25, 0.3) is 0 Å². The third-order valence-corrected chi connectivity index (χ3v) is 4.20. The lowest BCUT2D eigenvalue weighted by Gasteiger charge is -2.35. The lowest BCUT2D eigenvalue weighted by molar-refractivity contribution is 0.145. The zero-order valence-corrected chi connectivity index (χ0v) is 11.8. The Morgan fingerprint density at radius 2 is 2.39 bits per heavy atom. The number of nitrogens with zero attached hydrogens (tertiary/aromatic N) is 2. The Morgan fingerprint density at radius 1 is 1.56 bits per heavy atom. The molecule has 1 aromatic heterocycles. The second-order valence-electron chi connectivity index (χ2n) is 5.48. The normalized spacial score (nSPS) is 22.9. The van der Waals surface area contributed by atoms with Gasteiger partial charge in [-0.3, -0.25) is 9.88 Å². The van der Waals surface area contributed by atoms with Crippen LogP contribution in [0.2, 0.25) is 0 Å². The molecule has 2 unspecified atom stereocenters. The van der Waals surface area contributed by atoms with Crippen molar-refractivity contribution in [2.75, 3.05) is 20.1 Å². The Morgan fingerprint density at radius 3 is 3.11 bits per heavy atom. The van der Waals surface area contributed by atoms with Crippen LogP contribution in [0.1, 0.15) is 31.0 Å². The van der Waals surface area contributed by atoms with E-state index in [0.717, 1.165) is 12.5 Å². The van der Waals surface area contributed by atoms with E-state index in [9.17, 15) is 0 Å². The number of pyridine rings is 1. The largest absolute Gasteiger partial charge is 0.317 e. The van der Waals surface area contributed by atoms with E-state index in [1.165, 1.54) is 37.2 Å². The van der Waals surface area contributed by atoms with Gasteiger partial charge in [0.15, 0.2) is 0 Å². The Hall–Kier alpha value is -0.930. The number of nitrogens with one attached hydrogen (secondary N) is 1. The number of likely N-dealkylation sites (tertiary alicyclic amines) is 1. The Labute approximate surface area is 111 Å². The first-order valence-electron chi connectivity index (χ1n) is 7.01. The lowest BCUT2D eigenvalue weighted by atomic mass is 9.91. The second-order valence-corrected chi connectivity index (χ2v) is 5.48. The van der Waals surface area contributed by atoms with Crippen LogP contribution in [0.5, 0.6) is 0 Å². The average Bonchev–Trinajstić information content (AvgIpc) is 2.41. The van der Waals surface area contributed by atoms with Crippen LogP contribution in [-0.2, 0) is 6.54 Å². The SMILES string of the molecule is CNC(C)C1CCCN(Cc2ncccc2C)C1. The predicted octanol–water partition coefficient (Wildman–Crippen LogP) is 2.21. The molecule has 1 aliphatic heterocycles. The Balaban J connectivity index is 1.96. The number of hydrogen-bond donors (Lipinski definition) is 1. The monoisotopic (exact) mass is 247 g/mol. The summed E-state index contributed by atoms with van der Waals surface area (Å²) >= 11 is 0. The molecule has 0 aromatic carbocycles. The summed E-state index contributed by atoms with van der Waals surface area (Å²) in [6.45, 7) is 7.85. The van der Waals surface area contributed by atoms with E-state index in [0.29, 0.717) is 6.04 Å². The minimum absolute atomic E-state index is 0.609. The van der Waals surface area contributed by atoms with Gasteiger partial charge in [-0.05, 0) is 57.8 Å². The van der Waals surface area contributed by atoms with Gasteiger partial charge in [-0.1, -0.05) is 6.07 Å². The van der Waals surface area contributed by atoms with Crippen LogP contribution in [0.15, 0.2) is 18.3 Å². The van der Waals surface area contributed by atoms with Crippen LogP contribution < -0.4 is 5.32 Å². The van der Waals surface area contributed by atoms with Gasteiger partial charge >= 0.3 is 0 Å². The molecule has 3 heteroatoms. The molecule has 0 aliphatic carbocycles. The van der Waals surface area contributed by atoms with Gasteiger partial charge in [-0.15, -0.1) is 0 Å². The first-order valence-corrected chi connectivity index (χ1v) is 7.01. The maximum Gasteiger partial charge on any atom is 0.0573 e. The third kappa shape index (κ3) is 3.30. The molecule has 1 aliphatic rings. The zero-order chi connectivity index (χ0) is 13.0. The molecule has 1 N–H and O–H groups in total. The molecule has 3 nitrogen and oxygen atoms in total. The molecular weight excluding hydrogens is 222 g/mol. The molecule has 0 amide bonds. The number of aryl methyl sites for hydroxylation is 1. The van der Waals surface area contributed by atoms with Crippen molar-refractivity contribution in [3.8, 4) is 0 Å². The van der Waals surface area contributed by atoms with E-state index in [1.54, 1.807) is 0 Å². The van der Waals surface area contributed by atoms with Crippen molar-refractivity contribution in [1.29, 1.82) is 0 Å². The zero-order valence-electron chi connectivity index (χ0n) is 11.8. The van der Waals surface area contributed by atoms with Gasteiger partial charge in [-0.2, -0.15) is 0 Å². The molecule has 1 saturated heterocycles. The maximum absolute atomic E-state index is 4.51. The first kappa shape index (κ1) is 13.5. The van der Waals surface area contributed by atoms with Crippen molar-refractivity contribution in [3.05, 3.63) is 29.6 Å². The fourth-order valence-electron chi connectivity index (χ4n) is 2.77. The summed E-state index contributed by atoms with van der Waals surface area (Å²) in [7, 11) is 2.06. The van der Waals surface area contributed by atoms with Gasteiger partial charge < -0.3 is 5.32 Å². The number of aromatic nitrogens is 1. The molecular formula is C15H25N3. The number of rotatable bonds is 4. The van der Waals surface area contributed by atoms with Gasteiger partial charge in [0, 0.05) is 25.3 Å². The fourth-order valence-corrected chi connectivity index (χ4v) is 2.77. The average molecular weight is 247 g/mol. The third-order valence-electron chi connectivity index (χ3n) is 4.20. The number of hydrogen-bond acceptors (Lipinski definition) is 3. The van der Waals surface area contributed by atoms with Crippen molar-refractivity contribution in [3.63, 3.8) is 0 Å². The van der Waals surface area contributed by atoms with E-state index < -0.39 is 0 Å². The number of piperidine rings is 1. The molecule has 0 saturated carbocycles. The fraction of sp³-hybridized carbons (Fsp3) is 0.667. The van der Waals surface area contributed by atoms with Gasteiger partial charge in [0.1, 0.15) is 0 Å². The Kier molecular flexibility index (Phi) is 4.72. The summed E-state index contributed by atoms with van der Waals surface area (Å²) in [6, 6.07) is 4.78. The summed E-state index contributed by atoms with van der Waals surface area (Å²) in [5.41, 5.74) is 2.54. The highest BCUT2D eigenvalue weighted by atomic mass is 15.1. The van der Waals surface area contributed by atoms with E-state index in [4.69, 9.17) is 0 Å². The summed E-state index contributed by atoms with van der Waals surface area (Å²) < 4.78 is 0. The minimum Gasteiger partial charge on any atom is -0.317 e. The first-order chi connectivity index (χ1) is 8.70. The molecule has 2 heterocycles. The van der Waals surface area contributed by atoms with E-state index >= 15 is 0 Å². The predicted molar refractivity (Wildman–Crippen MR) is 75.5 cm³/mol. The highest BCUT2D eigenvalue weighted by Gasteiger charge is 2.24. The molecule has 18 heavy (non-hydrogen) atoms. The standard InChI is InChI=1S/C15H25N3/c1-12-6-4-8-17-15(12)11-18-9-5-7-14(10-18)13(2)16-3/h4,6,8,13-14,16H,5,7,9-11H2,1-3H3. The van der Waals surface area contributed by atoms with Crippen LogP contribution in [0.4, 0.5) is 0 Å². The van der Waals surface area contributed by atoms with Crippen LogP contribution in [0.3, 0.4) is 0 Å². The van der Waals surface area contributed by atoms with Crippen LogP contribution in [0, 0.1) is 12.8 Å². The Bertz CT molecular complexity index is 378. The van der Waals surface area contributed by atoms with E-state index in [2.05, 4.69) is 42.2 Å². The van der Waals surface area contributed by atoms with Crippen molar-refractivity contribution in [2.24, 2.45) is 5.92 Å². The van der Waals surface area contributed by atoms with Gasteiger partial charge in [-0.25, -0.2) is 0 Å². The summed E-state index contributed by atoms with van der Waals surface area (Å²) in [6.07, 6.45) is 4.56. The van der Waals surface area contributed by atoms with Crippen LogP contribution in [-0.4, -0.2) is 36.1 Å². The van der Waals surface area contributed by atoms with Gasteiger partial charge in [0.25, 0.3) is 0 Å². The lowest BCUT2D eigenvalue weighted by Crippen LogP contribution is -2.43. The van der Waals surface area contributed by atoms with Crippen molar-refractivity contribution < 1.29 is 0 Å². The molecule has 1 aromatic rings. The molecule has 0 radical (unpaired) electrons. The highest BCUT2D eigenvalue weighted by Crippen LogP contribution is 2.21. The molecule has 2 rings (SSSR count). The maximum atomic E-state index is 4.51. The smallest absolute Gasteiger partial charge is 0.0573 e. The van der Waals surface area contributed by atoms with Crippen molar-refractivity contribution >= 4 is 0 Å². The molecule has 0 bridgehead atoms. The van der Waals surface area contributed by atoms with Crippen molar-refractivity contribution in [2.45, 2.75) is 39.3 Å². The molecule has 1 fully saturated rings. The summed E-state index contributed by atoms with van der Waals surface area (Å²) in [5.74, 6) is 0.771. The van der Waals surface area contributed by atoms with E-state index in [1.807, 2.05) is 12.3 Å². The highest BCUT2D eigenvalue weighted by molar-refractivity contribution is 5.17. The summed E-state index contributed by atoms with van der Waals surface area (Å²) in [4.78, 5) is 7.06. The summed E-state index contributed by atoms with van der Waals surface area (Å²) in [5, 5.41) is 3.39. The second kappa shape index (κ2) is 6.30. The van der Waals surface area contributed by atoms with Gasteiger partial charge in [0.2, 0.25) is 0 Å². The molecule has 0 spiro atoms. The van der Waals surface area contributed by atoms with E-state index in [-0.39, 0.29) is 0 Å². The minimum atomic E-state index is 0.609. The van der Waals surface area contributed by atoms with Crippen molar-refractivity contribution in [1.82, 2.24) is 15.2 Å².